The normalized spacial score (nSPS) is 11.9. The molecule has 2 rings (SSSR count). The second-order valence-electron chi connectivity index (χ2n) is 6.42. The van der Waals surface area contributed by atoms with Crippen molar-refractivity contribution >= 4 is 23.0 Å². The van der Waals surface area contributed by atoms with Crippen LogP contribution in [0.1, 0.15) is 37.4 Å². The molecule has 0 saturated carbocycles. The quantitative estimate of drug-likeness (QED) is 0.718. The van der Waals surface area contributed by atoms with Crippen LogP contribution in [0.4, 0.5) is 5.69 Å². The second-order valence-corrected chi connectivity index (χ2v) is 6.83. The Kier molecular flexibility index (Phi) is 6.62. The number of benzene rings is 2. The zero-order valence-corrected chi connectivity index (χ0v) is 15.6. The van der Waals surface area contributed by atoms with Gasteiger partial charge in [0.05, 0.1) is 13.2 Å². The van der Waals surface area contributed by atoms with E-state index in [1.165, 1.54) is 11.1 Å². The molecule has 0 fully saturated rings. The minimum absolute atomic E-state index is 0.167. The fourth-order valence-electron chi connectivity index (χ4n) is 2.63. The van der Waals surface area contributed by atoms with Gasteiger partial charge in [0, 0.05) is 5.69 Å². The van der Waals surface area contributed by atoms with Gasteiger partial charge in [-0.15, -0.1) is 0 Å². The van der Waals surface area contributed by atoms with Crippen LogP contribution in [-0.2, 0) is 0 Å². The number of ether oxygens (including phenoxy) is 1. The Labute approximate surface area is 150 Å². The minimum atomic E-state index is 0.167. The summed E-state index contributed by atoms with van der Waals surface area (Å²) in [5.41, 5.74) is 3.42. The van der Waals surface area contributed by atoms with Crippen molar-refractivity contribution in [2.45, 2.75) is 33.2 Å². The molecule has 0 unspecified atom stereocenters. The smallest absolute Gasteiger partial charge is 0.171 e. The first kappa shape index (κ1) is 18.3. The first-order chi connectivity index (χ1) is 11.5. The molecule has 128 valence electrons. The summed E-state index contributed by atoms with van der Waals surface area (Å²) in [6.07, 6.45) is 1.00. The lowest BCUT2D eigenvalue weighted by Crippen LogP contribution is -2.33. The summed E-state index contributed by atoms with van der Waals surface area (Å²) < 4.78 is 5.24. The Balaban J connectivity index is 2.08. The maximum atomic E-state index is 5.51. The van der Waals surface area contributed by atoms with Crippen molar-refractivity contribution < 1.29 is 4.74 Å². The monoisotopic (exact) mass is 342 g/mol. The summed E-state index contributed by atoms with van der Waals surface area (Å²) in [6, 6.07) is 16.5. The van der Waals surface area contributed by atoms with Gasteiger partial charge in [-0.3, -0.25) is 0 Å². The van der Waals surface area contributed by atoms with E-state index in [0.29, 0.717) is 11.0 Å². The average molecular weight is 343 g/mol. The topological polar surface area (TPSA) is 33.3 Å². The molecule has 3 nitrogen and oxygen atoms in total. The number of hydrogen-bond donors (Lipinski definition) is 2. The molecule has 0 aromatic heterocycles. The number of thiocarbonyl (C=S) groups is 1. The summed E-state index contributed by atoms with van der Waals surface area (Å²) in [5, 5.41) is 7.36. The van der Waals surface area contributed by atoms with Crippen LogP contribution in [0.2, 0.25) is 0 Å². The molecule has 4 heteroatoms. The van der Waals surface area contributed by atoms with E-state index >= 15 is 0 Å². The van der Waals surface area contributed by atoms with Crippen LogP contribution in [0, 0.1) is 12.8 Å². The minimum Gasteiger partial charge on any atom is -0.497 e. The van der Waals surface area contributed by atoms with Gasteiger partial charge in [0.15, 0.2) is 5.11 Å². The highest BCUT2D eigenvalue weighted by Gasteiger charge is 2.15. The van der Waals surface area contributed by atoms with Crippen molar-refractivity contribution in [2.24, 2.45) is 5.92 Å². The van der Waals surface area contributed by atoms with E-state index < -0.39 is 0 Å². The molecule has 1 atom stereocenters. The van der Waals surface area contributed by atoms with Crippen molar-refractivity contribution in [1.82, 2.24) is 5.32 Å². The van der Waals surface area contributed by atoms with Gasteiger partial charge < -0.3 is 15.4 Å². The SMILES string of the molecule is COc1ccc([C@H](CC(C)C)NC(=S)Nc2cccc(C)c2)cc1. The highest BCUT2D eigenvalue weighted by molar-refractivity contribution is 7.80. The van der Waals surface area contributed by atoms with Crippen molar-refractivity contribution in [3.63, 3.8) is 0 Å². The van der Waals surface area contributed by atoms with Crippen molar-refractivity contribution in [3.05, 3.63) is 59.7 Å². The van der Waals surface area contributed by atoms with Crippen LogP contribution in [-0.4, -0.2) is 12.2 Å². The van der Waals surface area contributed by atoms with E-state index in [-0.39, 0.29) is 6.04 Å². The van der Waals surface area contributed by atoms with Crippen LogP contribution >= 0.6 is 12.2 Å². The van der Waals surface area contributed by atoms with E-state index in [1.807, 2.05) is 24.3 Å². The zero-order valence-electron chi connectivity index (χ0n) is 14.8. The molecule has 0 aliphatic heterocycles. The molecule has 0 bridgehead atoms. The van der Waals surface area contributed by atoms with Gasteiger partial charge in [0.1, 0.15) is 5.75 Å². The Hall–Kier alpha value is -2.07. The van der Waals surface area contributed by atoms with Gasteiger partial charge in [0.2, 0.25) is 0 Å². The summed E-state index contributed by atoms with van der Waals surface area (Å²) in [5.74, 6) is 1.42. The lowest BCUT2D eigenvalue weighted by molar-refractivity contribution is 0.414. The lowest BCUT2D eigenvalue weighted by atomic mass is 9.97. The largest absolute Gasteiger partial charge is 0.497 e. The third kappa shape index (κ3) is 5.53. The maximum Gasteiger partial charge on any atom is 0.171 e. The molecule has 0 heterocycles. The lowest BCUT2D eigenvalue weighted by Gasteiger charge is -2.23. The van der Waals surface area contributed by atoms with Gasteiger partial charge in [0.25, 0.3) is 0 Å². The van der Waals surface area contributed by atoms with Gasteiger partial charge in [-0.1, -0.05) is 38.1 Å². The third-order valence-corrected chi connectivity index (χ3v) is 4.03. The third-order valence-electron chi connectivity index (χ3n) is 3.81. The highest BCUT2D eigenvalue weighted by Crippen LogP contribution is 2.24. The van der Waals surface area contributed by atoms with Gasteiger partial charge >= 0.3 is 0 Å². The standard InChI is InChI=1S/C20H26N2OS/c1-14(2)12-19(16-8-10-18(23-4)11-9-16)22-20(24)21-17-7-5-6-15(3)13-17/h5-11,13-14,19H,12H2,1-4H3,(H2,21,22,24)/t19-/m0/s1. The average Bonchev–Trinajstić information content (AvgIpc) is 2.54. The van der Waals surface area contributed by atoms with Gasteiger partial charge in [-0.2, -0.15) is 0 Å². The Morgan fingerprint density at radius 2 is 1.83 bits per heavy atom. The van der Waals surface area contributed by atoms with E-state index in [2.05, 4.69) is 55.7 Å². The maximum absolute atomic E-state index is 5.51. The molecule has 0 saturated heterocycles. The van der Waals surface area contributed by atoms with E-state index in [4.69, 9.17) is 17.0 Å². The fourth-order valence-corrected chi connectivity index (χ4v) is 2.89. The van der Waals surface area contributed by atoms with E-state index in [9.17, 15) is 0 Å². The number of hydrogen-bond acceptors (Lipinski definition) is 2. The molecule has 2 aromatic carbocycles. The molecule has 0 spiro atoms. The van der Waals surface area contributed by atoms with Gasteiger partial charge in [-0.25, -0.2) is 0 Å². The molecule has 0 aliphatic carbocycles. The predicted octanol–water partition coefficient (Wildman–Crippen LogP) is 5.08. The molecule has 24 heavy (non-hydrogen) atoms. The Morgan fingerprint density at radius 3 is 2.42 bits per heavy atom. The number of methoxy groups -OCH3 is 1. The number of rotatable bonds is 6. The first-order valence-electron chi connectivity index (χ1n) is 8.26. The number of anilines is 1. The van der Waals surface area contributed by atoms with Crippen molar-refractivity contribution in [3.8, 4) is 5.75 Å². The molecular weight excluding hydrogens is 316 g/mol. The van der Waals surface area contributed by atoms with Gasteiger partial charge in [-0.05, 0) is 66.9 Å². The molecule has 0 aliphatic rings. The van der Waals surface area contributed by atoms with Crippen LogP contribution in [0.3, 0.4) is 0 Å². The van der Waals surface area contributed by atoms with Crippen molar-refractivity contribution in [1.29, 1.82) is 0 Å². The van der Waals surface area contributed by atoms with Crippen LogP contribution < -0.4 is 15.4 Å². The first-order valence-corrected chi connectivity index (χ1v) is 8.67. The zero-order chi connectivity index (χ0) is 17.5. The molecule has 2 aromatic rings. The fraction of sp³-hybridized carbons (Fsp3) is 0.350. The molecule has 0 amide bonds. The second kappa shape index (κ2) is 8.69. The van der Waals surface area contributed by atoms with Crippen LogP contribution in [0.25, 0.3) is 0 Å². The summed E-state index contributed by atoms with van der Waals surface area (Å²) >= 11 is 5.51. The molecule has 2 N–H and O–H groups in total. The summed E-state index contributed by atoms with van der Waals surface area (Å²) in [6.45, 7) is 6.51. The summed E-state index contributed by atoms with van der Waals surface area (Å²) in [7, 11) is 1.68. The molecular formula is C20H26N2OS. The molecule has 0 radical (unpaired) electrons. The Bertz CT molecular complexity index is 668. The van der Waals surface area contributed by atoms with Crippen LogP contribution in [0.5, 0.6) is 5.75 Å². The van der Waals surface area contributed by atoms with E-state index in [0.717, 1.165) is 17.9 Å². The number of nitrogens with one attached hydrogen (secondary N) is 2. The predicted molar refractivity (Wildman–Crippen MR) is 106 cm³/mol. The van der Waals surface area contributed by atoms with Crippen molar-refractivity contribution in [2.75, 3.05) is 12.4 Å². The Morgan fingerprint density at radius 1 is 1.12 bits per heavy atom. The van der Waals surface area contributed by atoms with Crippen LogP contribution in [0.15, 0.2) is 48.5 Å². The van der Waals surface area contributed by atoms with E-state index in [1.54, 1.807) is 7.11 Å². The summed E-state index contributed by atoms with van der Waals surface area (Å²) in [4.78, 5) is 0. The number of aryl methyl sites for hydroxylation is 1. The highest BCUT2D eigenvalue weighted by atomic mass is 32.1.